The van der Waals surface area contributed by atoms with E-state index < -0.39 is 5.97 Å². The second-order valence-electron chi connectivity index (χ2n) is 8.04. The summed E-state index contributed by atoms with van der Waals surface area (Å²) in [6.07, 6.45) is 7.51. The molecule has 0 radical (unpaired) electrons. The van der Waals surface area contributed by atoms with E-state index in [0.717, 1.165) is 56.2 Å². The number of nitrogens with zero attached hydrogens (tertiary/aromatic N) is 3. The minimum atomic E-state index is -0.442. The summed E-state index contributed by atoms with van der Waals surface area (Å²) in [6.45, 7) is 0.970. The van der Waals surface area contributed by atoms with Crippen molar-refractivity contribution >= 4 is 34.0 Å². The number of carbonyl (C=O) groups excluding carboxylic acids is 1. The van der Waals surface area contributed by atoms with Crippen LogP contribution in [-0.2, 0) is 9.47 Å². The molecule has 2 N–H and O–H groups in total. The Labute approximate surface area is 169 Å². The van der Waals surface area contributed by atoms with Gasteiger partial charge in [0.2, 0.25) is 0 Å². The predicted octanol–water partition coefficient (Wildman–Crippen LogP) is 4.01. The fourth-order valence-corrected chi connectivity index (χ4v) is 4.61. The van der Waals surface area contributed by atoms with E-state index in [-0.39, 0.29) is 18.8 Å². The highest BCUT2D eigenvalue weighted by atomic mass is 16.6. The van der Waals surface area contributed by atoms with Crippen LogP contribution in [0.15, 0.2) is 24.3 Å². The van der Waals surface area contributed by atoms with Crippen molar-refractivity contribution in [3.05, 3.63) is 29.8 Å². The minimum absolute atomic E-state index is 0.0289. The van der Waals surface area contributed by atoms with Crippen LogP contribution in [0.3, 0.4) is 0 Å². The Bertz CT molecular complexity index is 1050. The van der Waals surface area contributed by atoms with Crippen molar-refractivity contribution in [1.82, 2.24) is 14.5 Å². The van der Waals surface area contributed by atoms with Crippen LogP contribution in [0.25, 0.3) is 22.2 Å². The van der Waals surface area contributed by atoms with Gasteiger partial charge < -0.3 is 19.8 Å². The zero-order valence-corrected chi connectivity index (χ0v) is 16.5. The lowest BCUT2D eigenvalue weighted by atomic mass is 9.95. The SMILES string of the molecule is Nc1c(C(=O)OC[C@H]2CCCO2)c2nc3ccccc3nc2n1C1CCCCC1. The molecule has 1 saturated carbocycles. The van der Waals surface area contributed by atoms with Gasteiger partial charge in [-0.3, -0.25) is 0 Å². The number of nitrogen functional groups attached to an aromatic ring is 1. The maximum atomic E-state index is 13.0. The smallest absolute Gasteiger partial charge is 0.344 e. The van der Waals surface area contributed by atoms with E-state index in [1.54, 1.807) is 0 Å². The zero-order chi connectivity index (χ0) is 19.8. The first kappa shape index (κ1) is 18.4. The second-order valence-corrected chi connectivity index (χ2v) is 8.04. The topological polar surface area (TPSA) is 92.3 Å². The van der Waals surface area contributed by atoms with Crippen LogP contribution < -0.4 is 5.73 Å². The molecule has 3 heterocycles. The summed E-state index contributed by atoms with van der Waals surface area (Å²) < 4.78 is 13.2. The van der Waals surface area contributed by atoms with Crippen molar-refractivity contribution in [1.29, 1.82) is 0 Å². The fourth-order valence-electron chi connectivity index (χ4n) is 4.61. The lowest BCUT2D eigenvalue weighted by Crippen LogP contribution is -2.19. The summed E-state index contributed by atoms with van der Waals surface area (Å²) in [5, 5.41) is 0. The summed E-state index contributed by atoms with van der Waals surface area (Å²) in [5.41, 5.74) is 9.63. The molecular formula is C22H26N4O3. The third-order valence-electron chi connectivity index (χ3n) is 6.10. The van der Waals surface area contributed by atoms with Crippen LogP contribution in [0.2, 0.25) is 0 Å². The van der Waals surface area contributed by atoms with Crippen molar-refractivity contribution < 1.29 is 14.3 Å². The molecule has 29 heavy (non-hydrogen) atoms. The van der Waals surface area contributed by atoms with Crippen LogP contribution in [0.4, 0.5) is 5.82 Å². The van der Waals surface area contributed by atoms with Gasteiger partial charge in [-0.05, 0) is 37.8 Å². The third-order valence-corrected chi connectivity index (χ3v) is 6.10. The Kier molecular flexibility index (Phi) is 4.83. The molecule has 0 bridgehead atoms. The molecule has 7 nitrogen and oxygen atoms in total. The van der Waals surface area contributed by atoms with E-state index in [0.29, 0.717) is 22.5 Å². The van der Waals surface area contributed by atoms with E-state index in [1.807, 2.05) is 28.8 Å². The van der Waals surface area contributed by atoms with Crippen LogP contribution in [0, 0.1) is 0 Å². The maximum Gasteiger partial charge on any atom is 0.344 e. The highest BCUT2D eigenvalue weighted by Crippen LogP contribution is 2.37. The largest absolute Gasteiger partial charge is 0.459 e. The molecule has 0 unspecified atom stereocenters. The molecule has 2 aromatic heterocycles. The molecule has 0 spiro atoms. The Morgan fingerprint density at radius 1 is 1.10 bits per heavy atom. The number of anilines is 1. The number of fused-ring (bicyclic) bond motifs is 2. The molecule has 5 rings (SSSR count). The number of hydrogen-bond acceptors (Lipinski definition) is 6. The molecule has 152 valence electrons. The molecule has 7 heteroatoms. The summed E-state index contributed by atoms with van der Waals surface area (Å²) in [7, 11) is 0. The van der Waals surface area contributed by atoms with Gasteiger partial charge in [-0.15, -0.1) is 0 Å². The monoisotopic (exact) mass is 394 g/mol. The van der Waals surface area contributed by atoms with Gasteiger partial charge in [0.05, 0.1) is 17.1 Å². The fraction of sp³-hybridized carbons (Fsp3) is 0.500. The Morgan fingerprint density at radius 2 is 1.86 bits per heavy atom. The number of carbonyl (C=O) groups is 1. The molecule has 1 aromatic carbocycles. The normalized spacial score (nSPS) is 20.5. The van der Waals surface area contributed by atoms with E-state index >= 15 is 0 Å². The van der Waals surface area contributed by atoms with E-state index in [1.165, 1.54) is 6.42 Å². The Morgan fingerprint density at radius 3 is 2.59 bits per heavy atom. The van der Waals surface area contributed by atoms with Gasteiger partial charge in [0, 0.05) is 12.6 Å². The van der Waals surface area contributed by atoms with Gasteiger partial charge in [-0.25, -0.2) is 14.8 Å². The molecule has 1 aliphatic heterocycles. The number of nitrogens with two attached hydrogens (primary N) is 1. The van der Waals surface area contributed by atoms with Gasteiger partial charge in [0.1, 0.15) is 23.5 Å². The minimum Gasteiger partial charge on any atom is -0.459 e. The standard InChI is InChI=1S/C22H26N4O3/c23-20-18(22(27)29-13-15-9-6-12-28-15)19-21(26(20)14-7-2-1-3-8-14)25-17-11-5-4-10-16(17)24-19/h4-5,10-11,14-15H,1-3,6-9,12-13,23H2/t15-/m1/s1. The van der Waals surface area contributed by atoms with Gasteiger partial charge in [-0.1, -0.05) is 31.4 Å². The number of hydrogen-bond donors (Lipinski definition) is 1. The first-order valence-corrected chi connectivity index (χ1v) is 10.6. The molecular weight excluding hydrogens is 368 g/mol. The van der Waals surface area contributed by atoms with Crippen LogP contribution in [0.1, 0.15) is 61.3 Å². The first-order chi connectivity index (χ1) is 14.2. The molecule has 2 aliphatic rings. The third kappa shape index (κ3) is 3.33. The van der Waals surface area contributed by atoms with E-state index in [9.17, 15) is 4.79 Å². The van der Waals surface area contributed by atoms with Crippen molar-refractivity contribution in [3.8, 4) is 0 Å². The number of ether oxygens (including phenoxy) is 2. The van der Waals surface area contributed by atoms with Gasteiger partial charge in [-0.2, -0.15) is 0 Å². The van der Waals surface area contributed by atoms with Crippen LogP contribution >= 0.6 is 0 Å². The molecule has 3 aromatic rings. The van der Waals surface area contributed by atoms with Crippen molar-refractivity contribution in [2.75, 3.05) is 18.9 Å². The van der Waals surface area contributed by atoms with Crippen molar-refractivity contribution in [3.63, 3.8) is 0 Å². The van der Waals surface area contributed by atoms with Gasteiger partial charge in [0.15, 0.2) is 5.65 Å². The van der Waals surface area contributed by atoms with E-state index in [4.69, 9.17) is 25.2 Å². The van der Waals surface area contributed by atoms with Crippen LogP contribution in [-0.4, -0.2) is 39.8 Å². The number of rotatable bonds is 4. The number of esters is 1. The average molecular weight is 394 g/mol. The predicted molar refractivity (Wildman–Crippen MR) is 111 cm³/mol. The summed E-state index contributed by atoms with van der Waals surface area (Å²) in [4.78, 5) is 22.6. The van der Waals surface area contributed by atoms with E-state index in [2.05, 4.69) is 0 Å². The second kappa shape index (κ2) is 7.63. The van der Waals surface area contributed by atoms with Crippen LogP contribution in [0.5, 0.6) is 0 Å². The molecule has 0 amide bonds. The number of aromatic nitrogens is 3. The first-order valence-electron chi connectivity index (χ1n) is 10.6. The summed E-state index contributed by atoms with van der Waals surface area (Å²) >= 11 is 0. The summed E-state index contributed by atoms with van der Waals surface area (Å²) in [5.74, 6) is -0.0262. The maximum absolute atomic E-state index is 13.0. The molecule has 1 atom stereocenters. The highest BCUT2D eigenvalue weighted by Gasteiger charge is 2.30. The quantitative estimate of drug-likeness (QED) is 0.672. The summed E-state index contributed by atoms with van der Waals surface area (Å²) in [6, 6.07) is 7.93. The number of benzene rings is 1. The van der Waals surface area contributed by atoms with Crippen molar-refractivity contribution in [2.45, 2.75) is 57.1 Å². The molecule has 1 saturated heterocycles. The molecule has 1 aliphatic carbocycles. The lowest BCUT2D eigenvalue weighted by Gasteiger charge is -2.25. The van der Waals surface area contributed by atoms with Crippen molar-refractivity contribution in [2.24, 2.45) is 0 Å². The average Bonchev–Trinajstić information content (AvgIpc) is 3.36. The lowest BCUT2D eigenvalue weighted by molar-refractivity contribution is 0.0163. The zero-order valence-electron chi connectivity index (χ0n) is 16.5. The Hall–Kier alpha value is -2.67. The highest BCUT2D eigenvalue weighted by molar-refractivity contribution is 6.08. The molecule has 2 fully saturated rings. The van der Waals surface area contributed by atoms with Gasteiger partial charge >= 0.3 is 5.97 Å². The van der Waals surface area contributed by atoms with Gasteiger partial charge in [0.25, 0.3) is 0 Å². The number of para-hydroxylation sites is 2. The Balaban J connectivity index is 1.60.